The number of hydrogen-bond donors (Lipinski definition) is 1. The number of hydrogen-bond acceptors (Lipinski definition) is 7. The van der Waals surface area contributed by atoms with Gasteiger partial charge in [-0.1, -0.05) is 30.3 Å². The van der Waals surface area contributed by atoms with Crippen molar-refractivity contribution in [2.75, 3.05) is 26.0 Å². The third-order valence-corrected chi connectivity index (χ3v) is 6.69. The number of alkyl halides is 3. The summed E-state index contributed by atoms with van der Waals surface area (Å²) in [6.07, 6.45) is -1.74. The molecule has 4 heterocycles. The molecule has 1 aliphatic heterocycles. The second-order valence-electron chi connectivity index (χ2n) is 8.90. The number of carbonyl (C=O) groups is 1. The Morgan fingerprint density at radius 1 is 1.14 bits per heavy atom. The molecule has 0 saturated carbocycles. The minimum absolute atomic E-state index is 0.0814. The number of rotatable bonds is 5. The van der Waals surface area contributed by atoms with Gasteiger partial charge in [0, 0.05) is 30.4 Å². The van der Waals surface area contributed by atoms with Crippen LogP contribution in [0.4, 0.5) is 19.0 Å². The summed E-state index contributed by atoms with van der Waals surface area (Å²) in [6, 6.07) is 11.0. The van der Waals surface area contributed by atoms with Crippen molar-refractivity contribution in [1.82, 2.24) is 29.6 Å². The van der Waals surface area contributed by atoms with Gasteiger partial charge in [-0.15, -0.1) is 0 Å². The van der Waals surface area contributed by atoms with Crippen LogP contribution in [0.15, 0.2) is 48.9 Å². The molecule has 1 amide bonds. The van der Waals surface area contributed by atoms with E-state index in [4.69, 9.17) is 4.74 Å². The standard InChI is InChI=1S/C25H24F3N7O2/c1-34-11-7-10-24(34,25(26,27)28)23(36)32-22-18(37-3)12-17-21(31-22)20(30-14-29-17)16-13-35(2)33-19(16)15-8-5-4-6-9-15/h4-6,8-9,12-14H,7,10-11H2,1-3H3,(H,31,32,36)/t24-/m0/s1. The summed E-state index contributed by atoms with van der Waals surface area (Å²) in [5.74, 6) is -1.28. The minimum atomic E-state index is -4.78. The summed E-state index contributed by atoms with van der Waals surface area (Å²) in [4.78, 5) is 27.4. The zero-order valence-electron chi connectivity index (χ0n) is 20.4. The largest absolute Gasteiger partial charge is 0.493 e. The predicted octanol–water partition coefficient (Wildman–Crippen LogP) is 4.07. The quantitative estimate of drug-likeness (QED) is 0.431. The molecule has 0 unspecified atom stereocenters. The van der Waals surface area contributed by atoms with Crippen molar-refractivity contribution in [1.29, 1.82) is 0 Å². The first kappa shape index (κ1) is 24.6. The van der Waals surface area contributed by atoms with Crippen LogP contribution in [0.2, 0.25) is 0 Å². The van der Waals surface area contributed by atoms with Crippen LogP contribution >= 0.6 is 0 Å². The Morgan fingerprint density at radius 2 is 1.89 bits per heavy atom. The number of methoxy groups -OCH3 is 1. The number of ether oxygens (including phenoxy) is 1. The lowest BCUT2D eigenvalue weighted by Gasteiger charge is -2.36. The maximum atomic E-state index is 14.2. The fourth-order valence-corrected chi connectivity index (χ4v) is 4.82. The Hall–Kier alpha value is -4.06. The van der Waals surface area contributed by atoms with Crippen LogP contribution in [0.5, 0.6) is 5.75 Å². The smallest absolute Gasteiger partial charge is 0.415 e. The number of anilines is 1. The average molecular weight is 512 g/mol. The number of aromatic nitrogens is 5. The molecule has 0 radical (unpaired) electrons. The van der Waals surface area contributed by atoms with E-state index >= 15 is 0 Å². The van der Waals surface area contributed by atoms with Gasteiger partial charge >= 0.3 is 6.18 Å². The van der Waals surface area contributed by atoms with Crippen molar-refractivity contribution in [3.8, 4) is 28.3 Å². The normalized spacial score (nSPS) is 18.3. The van der Waals surface area contributed by atoms with E-state index in [2.05, 4.69) is 25.4 Å². The average Bonchev–Trinajstić information content (AvgIpc) is 3.46. The first-order valence-electron chi connectivity index (χ1n) is 11.5. The first-order chi connectivity index (χ1) is 17.7. The third-order valence-electron chi connectivity index (χ3n) is 6.69. The van der Waals surface area contributed by atoms with Crippen LogP contribution in [-0.4, -0.2) is 68.0 Å². The molecule has 12 heteroatoms. The lowest BCUT2D eigenvalue weighted by atomic mass is 9.94. The van der Waals surface area contributed by atoms with E-state index in [-0.39, 0.29) is 36.5 Å². The molecule has 0 spiro atoms. The van der Waals surface area contributed by atoms with Gasteiger partial charge in [0.25, 0.3) is 5.91 Å². The van der Waals surface area contributed by atoms with Gasteiger partial charge in [-0.3, -0.25) is 14.4 Å². The van der Waals surface area contributed by atoms with Gasteiger partial charge in [-0.25, -0.2) is 15.0 Å². The van der Waals surface area contributed by atoms with Crippen LogP contribution in [-0.2, 0) is 11.8 Å². The Kier molecular flexibility index (Phi) is 6.06. The van der Waals surface area contributed by atoms with Crippen LogP contribution in [0.1, 0.15) is 12.8 Å². The molecular formula is C25H24F3N7O2. The van der Waals surface area contributed by atoms with Gasteiger partial charge in [0.2, 0.25) is 0 Å². The number of pyridine rings is 1. The number of likely N-dealkylation sites (N-methyl/N-ethyl adjacent to an activating group) is 1. The highest BCUT2D eigenvalue weighted by molar-refractivity contribution is 6.01. The number of carbonyl (C=O) groups excluding carboxylic acids is 1. The summed E-state index contributed by atoms with van der Waals surface area (Å²) >= 11 is 0. The van der Waals surface area contributed by atoms with E-state index in [9.17, 15) is 18.0 Å². The number of benzene rings is 1. The molecule has 5 rings (SSSR count). The second kappa shape index (κ2) is 9.11. The summed E-state index contributed by atoms with van der Waals surface area (Å²) < 4.78 is 49.5. The number of nitrogens with one attached hydrogen (secondary N) is 1. The highest BCUT2D eigenvalue weighted by Crippen LogP contribution is 2.44. The molecule has 0 bridgehead atoms. The summed E-state index contributed by atoms with van der Waals surface area (Å²) in [7, 11) is 4.41. The van der Waals surface area contributed by atoms with Crippen molar-refractivity contribution < 1.29 is 22.7 Å². The zero-order valence-corrected chi connectivity index (χ0v) is 20.4. The van der Waals surface area contributed by atoms with E-state index in [1.807, 2.05) is 30.3 Å². The predicted molar refractivity (Wildman–Crippen MR) is 131 cm³/mol. The molecule has 192 valence electrons. The lowest BCUT2D eigenvalue weighted by Crippen LogP contribution is -2.61. The van der Waals surface area contributed by atoms with Crippen molar-refractivity contribution in [3.63, 3.8) is 0 Å². The Labute approximate surface area is 210 Å². The van der Waals surface area contributed by atoms with Gasteiger partial charge in [-0.05, 0) is 26.4 Å². The summed E-state index contributed by atoms with van der Waals surface area (Å²) in [5, 5.41) is 6.96. The van der Waals surface area contributed by atoms with E-state index < -0.39 is 17.6 Å². The number of halogens is 3. The monoisotopic (exact) mass is 511 g/mol. The molecule has 1 aliphatic rings. The SMILES string of the molecule is COc1cc2ncnc(-c3cn(C)nc3-c3ccccc3)c2nc1NC(=O)[C@]1(C(F)(F)F)CCCN1C. The molecule has 1 saturated heterocycles. The molecule has 1 N–H and O–H groups in total. The van der Waals surface area contributed by atoms with Gasteiger partial charge in [-0.2, -0.15) is 18.3 Å². The maximum Gasteiger partial charge on any atom is 0.415 e. The first-order valence-corrected chi connectivity index (χ1v) is 11.5. The molecule has 37 heavy (non-hydrogen) atoms. The van der Waals surface area contributed by atoms with Gasteiger partial charge in [0.15, 0.2) is 17.1 Å². The Morgan fingerprint density at radius 3 is 2.54 bits per heavy atom. The Bertz CT molecular complexity index is 1470. The fourth-order valence-electron chi connectivity index (χ4n) is 4.82. The Balaban J connectivity index is 1.64. The van der Waals surface area contributed by atoms with Gasteiger partial charge in [0.1, 0.15) is 23.2 Å². The maximum absolute atomic E-state index is 14.2. The van der Waals surface area contributed by atoms with Crippen LogP contribution in [0.25, 0.3) is 33.5 Å². The molecular weight excluding hydrogens is 487 g/mol. The van der Waals surface area contributed by atoms with Crippen molar-refractivity contribution in [2.24, 2.45) is 7.05 Å². The molecule has 9 nitrogen and oxygen atoms in total. The molecule has 1 aromatic carbocycles. The van der Waals surface area contributed by atoms with Gasteiger partial charge in [0.05, 0.1) is 12.6 Å². The van der Waals surface area contributed by atoms with Crippen molar-refractivity contribution >= 4 is 22.8 Å². The van der Waals surface area contributed by atoms with Crippen LogP contribution in [0, 0.1) is 0 Å². The van der Waals surface area contributed by atoms with E-state index in [1.54, 1.807) is 17.9 Å². The number of nitrogens with zero attached hydrogens (tertiary/aromatic N) is 6. The van der Waals surface area contributed by atoms with Crippen LogP contribution < -0.4 is 10.1 Å². The van der Waals surface area contributed by atoms with Gasteiger partial charge < -0.3 is 10.1 Å². The number of aryl methyl sites for hydroxylation is 1. The summed E-state index contributed by atoms with van der Waals surface area (Å²) in [6.45, 7) is 0.149. The number of fused-ring (bicyclic) bond motifs is 1. The van der Waals surface area contributed by atoms with E-state index in [0.717, 1.165) is 10.5 Å². The molecule has 1 atom stereocenters. The third kappa shape index (κ3) is 4.06. The molecule has 4 aromatic rings. The zero-order chi connectivity index (χ0) is 26.4. The highest BCUT2D eigenvalue weighted by Gasteiger charge is 2.64. The van der Waals surface area contributed by atoms with Crippen LogP contribution in [0.3, 0.4) is 0 Å². The number of likely N-dealkylation sites (tertiary alicyclic amines) is 1. The molecule has 1 fully saturated rings. The highest BCUT2D eigenvalue weighted by atomic mass is 19.4. The lowest BCUT2D eigenvalue weighted by molar-refractivity contribution is -0.215. The molecule has 3 aromatic heterocycles. The number of amides is 1. The van der Waals surface area contributed by atoms with Crippen molar-refractivity contribution in [3.05, 3.63) is 48.9 Å². The topological polar surface area (TPSA) is 98.1 Å². The van der Waals surface area contributed by atoms with Crippen molar-refractivity contribution in [2.45, 2.75) is 24.6 Å². The molecule has 0 aliphatic carbocycles. The summed E-state index contributed by atoms with van der Waals surface area (Å²) in [5.41, 5.74) is 0.583. The minimum Gasteiger partial charge on any atom is -0.493 e. The van der Waals surface area contributed by atoms with E-state index in [1.165, 1.54) is 26.6 Å². The van der Waals surface area contributed by atoms with E-state index in [0.29, 0.717) is 22.5 Å². The second-order valence-corrected chi connectivity index (χ2v) is 8.90. The fraction of sp³-hybridized carbons (Fsp3) is 0.320.